The normalized spacial score (nSPS) is 14.3. The Hall–Kier alpha value is -4.92. The van der Waals surface area contributed by atoms with Crippen LogP contribution >= 0.6 is 11.8 Å². The molecule has 1 heterocycles. The summed E-state index contributed by atoms with van der Waals surface area (Å²) in [5.41, 5.74) is -1.50. The second-order valence-corrected chi connectivity index (χ2v) is 9.49. The van der Waals surface area contributed by atoms with Gasteiger partial charge in [-0.2, -0.15) is 13.2 Å². The van der Waals surface area contributed by atoms with Crippen LogP contribution in [0.5, 0.6) is 17.2 Å². The lowest BCUT2D eigenvalue weighted by atomic mass is 10.1. The number of rotatable bonds is 9. The molecule has 1 aliphatic heterocycles. The highest BCUT2D eigenvalue weighted by Crippen LogP contribution is 2.41. The van der Waals surface area contributed by atoms with Gasteiger partial charge in [-0.15, -0.1) is 0 Å². The predicted octanol–water partition coefficient (Wildman–Crippen LogP) is 6.62. The van der Waals surface area contributed by atoms with Crippen molar-refractivity contribution in [3.63, 3.8) is 0 Å². The first-order valence-electron chi connectivity index (χ1n) is 12.0. The van der Waals surface area contributed by atoms with Gasteiger partial charge >= 0.3 is 11.9 Å². The smallest absolute Gasteiger partial charge is 0.416 e. The molecule has 1 N–H and O–H groups in total. The van der Waals surface area contributed by atoms with E-state index in [0.717, 1.165) is 23.1 Å². The first-order valence-corrected chi connectivity index (χ1v) is 12.8. The van der Waals surface area contributed by atoms with Crippen LogP contribution in [0.1, 0.15) is 18.1 Å². The van der Waals surface area contributed by atoms with Gasteiger partial charge in [-0.1, -0.05) is 6.07 Å². The summed E-state index contributed by atoms with van der Waals surface area (Å²) < 4.78 is 63.2. The molecule has 15 heteroatoms. The highest BCUT2D eigenvalue weighted by atomic mass is 32.2. The zero-order valence-electron chi connectivity index (χ0n) is 21.4. The van der Waals surface area contributed by atoms with Gasteiger partial charge in [0.05, 0.1) is 22.0 Å². The number of amides is 3. The van der Waals surface area contributed by atoms with E-state index in [1.807, 2.05) is 0 Å². The highest BCUT2D eigenvalue weighted by Gasteiger charge is 2.36. The van der Waals surface area contributed by atoms with Gasteiger partial charge in [0.15, 0.2) is 11.5 Å². The van der Waals surface area contributed by atoms with Crippen molar-refractivity contribution in [3.8, 4) is 17.2 Å². The monoisotopic (exact) mass is 605 g/mol. The number of nitrogens with zero attached hydrogens (tertiary/aromatic N) is 2. The lowest BCUT2D eigenvalue weighted by molar-refractivity contribution is -0.385. The van der Waals surface area contributed by atoms with Crippen molar-refractivity contribution in [2.45, 2.75) is 13.1 Å². The van der Waals surface area contributed by atoms with Crippen molar-refractivity contribution in [2.75, 3.05) is 18.5 Å². The van der Waals surface area contributed by atoms with Gasteiger partial charge in [0.25, 0.3) is 11.1 Å². The molecule has 0 saturated carbocycles. The largest absolute Gasteiger partial charge is 0.490 e. The van der Waals surface area contributed by atoms with Gasteiger partial charge in [0, 0.05) is 11.8 Å². The van der Waals surface area contributed by atoms with Crippen molar-refractivity contribution in [3.05, 3.63) is 92.6 Å². The number of halogens is 4. The van der Waals surface area contributed by atoms with Crippen LogP contribution in [-0.4, -0.2) is 40.0 Å². The van der Waals surface area contributed by atoms with Crippen molar-refractivity contribution >= 4 is 46.3 Å². The third kappa shape index (κ3) is 7.04. The molecule has 0 radical (unpaired) electrons. The third-order valence-corrected chi connectivity index (χ3v) is 6.48. The average Bonchev–Trinajstić information content (AvgIpc) is 3.18. The molecule has 0 aromatic heterocycles. The summed E-state index contributed by atoms with van der Waals surface area (Å²) in [6, 6.07) is 10.9. The third-order valence-electron chi connectivity index (χ3n) is 5.57. The molecule has 0 atom stereocenters. The van der Waals surface area contributed by atoms with Gasteiger partial charge < -0.3 is 14.8 Å². The minimum Gasteiger partial charge on any atom is -0.490 e. The zero-order valence-corrected chi connectivity index (χ0v) is 22.3. The maximum Gasteiger partial charge on any atom is 0.416 e. The maximum atomic E-state index is 13.1. The number of ether oxygens (including phenoxy) is 2. The lowest BCUT2D eigenvalue weighted by Crippen LogP contribution is -2.36. The molecule has 218 valence electrons. The van der Waals surface area contributed by atoms with Crippen LogP contribution in [0, 0.1) is 15.9 Å². The minimum absolute atomic E-state index is 0.0101. The van der Waals surface area contributed by atoms with Crippen LogP contribution in [0.3, 0.4) is 0 Å². The fraction of sp³-hybridized carbons (Fsp3) is 0.148. The summed E-state index contributed by atoms with van der Waals surface area (Å²) in [5, 5.41) is 13.2. The standard InChI is InChI=1S/C27H19F4N3O7S/c1-2-40-22-11-15(3-9-21(22)41-20-10-4-16(27(29,30)31)13-19(20)34(38)39)12-23-25(36)33(26(37)42-23)14-24(35)32-18-7-5-17(28)6-8-18/h3-13H,2,14H2,1H3,(H,32,35)/b23-12+. The van der Waals surface area contributed by atoms with Crippen molar-refractivity contribution in [1.29, 1.82) is 0 Å². The molecule has 0 aliphatic carbocycles. The molecular formula is C27H19F4N3O7S. The Morgan fingerprint density at radius 3 is 2.38 bits per heavy atom. The molecule has 42 heavy (non-hydrogen) atoms. The first kappa shape index (κ1) is 30.0. The number of thioether (sulfide) groups is 1. The summed E-state index contributed by atoms with van der Waals surface area (Å²) >= 11 is 0.591. The minimum atomic E-state index is -4.80. The molecule has 3 aromatic carbocycles. The van der Waals surface area contributed by atoms with E-state index in [1.54, 1.807) is 6.92 Å². The molecule has 0 spiro atoms. The van der Waals surface area contributed by atoms with E-state index in [9.17, 15) is 42.1 Å². The second kappa shape index (κ2) is 12.3. The van der Waals surface area contributed by atoms with E-state index >= 15 is 0 Å². The number of hydrogen-bond acceptors (Lipinski definition) is 8. The topological polar surface area (TPSA) is 128 Å². The Bertz CT molecular complexity index is 1590. The fourth-order valence-corrected chi connectivity index (χ4v) is 4.51. The number of benzene rings is 3. The fourth-order valence-electron chi connectivity index (χ4n) is 3.67. The molecule has 0 bridgehead atoms. The molecule has 3 amide bonds. The summed E-state index contributed by atoms with van der Waals surface area (Å²) in [6.07, 6.45) is -3.44. The van der Waals surface area contributed by atoms with Crippen molar-refractivity contribution < 1.29 is 46.3 Å². The summed E-state index contributed by atoms with van der Waals surface area (Å²) in [4.78, 5) is 48.8. The van der Waals surface area contributed by atoms with E-state index in [-0.39, 0.29) is 28.7 Å². The van der Waals surface area contributed by atoms with Gasteiger partial charge in [-0.25, -0.2) is 4.39 Å². The Kier molecular flexibility index (Phi) is 8.80. The summed E-state index contributed by atoms with van der Waals surface area (Å²) in [6.45, 7) is 1.18. The SMILES string of the molecule is CCOc1cc(/C=C2/SC(=O)N(CC(=O)Nc3ccc(F)cc3)C2=O)ccc1Oc1ccc(C(F)(F)F)cc1[N+](=O)[O-]. The van der Waals surface area contributed by atoms with Crippen LogP contribution in [0.15, 0.2) is 65.6 Å². The molecule has 4 rings (SSSR count). The van der Waals surface area contributed by atoms with E-state index in [2.05, 4.69) is 5.32 Å². The van der Waals surface area contributed by atoms with E-state index in [4.69, 9.17) is 9.47 Å². The maximum absolute atomic E-state index is 13.1. The zero-order chi connectivity index (χ0) is 30.6. The number of nitro groups is 1. The van der Waals surface area contributed by atoms with Crippen molar-refractivity contribution in [1.82, 2.24) is 4.90 Å². The van der Waals surface area contributed by atoms with Gasteiger partial charge in [-0.3, -0.25) is 29.4 Å². The van der Waals surface area contributed by atoms with Crippen LogP contribution in [-0.2, 0) is 15.8 Å². The number of hydrogen-bond donors (Lipinski definition) is 1. The number of carbonyl (C=O) groups excluding carboxylic acids is 3. The molecule has 3 aromatic rings. The van der Waals surface area contributed by atoms with E-state index < -0.39 is 57.5 Å². The first-order chi connectivity index (χ1) is 19.8. The summed E-state index contributed by atoms with van der Waals surface area (Å²) in [5.74, 6) is -2.37. The Balaban J connectivity index is 1.53. The molecule has 1 aliphatic rings. The van der Waals surface area contributed by atoms with E-state index in [0.29, 0.717) is 29.5 Å². The molecular weight excluding hydrogens is 586 g/mol. The quantitative estimate of drug-likeness (QED) is 0.125. The van der Waals surface area contributed by atoms with Crippen LogP contribution < -0.4 is 14.8 Å². The lowest BCUT2D eigenvalue weighted by Gasteiger charge is -2.14. The van der Waals surface area contributed by atoms with Gasteiger partial charge in [-0.05, 0) is 78.9 Å². The molecule has 1 saturated heterocycles. The number of nitro benzene ring substituents is 1. The second-order valence-electron chi connectivity index (χ2n) is 8.50. The Morgan fingerprint density at radius 1 is 1.05 bits per heavy atom. The van der Waals surface area contributed by atoms with Gasteiger partial charge in [0.1, 0.15) is 12.4 Å². The van der Waals surface area contributed by atoms with E-state index in [1.165, 1.54) is 36.4 Å². The molecule has 0 unspecified atom stereocenters. The molecule has 1 fully saturated rings. The average molecular weight is 606 g/mol. The predicted molar refractivity (Wildman–Crippen MR) is 143 cm³/mol. The Labute approximate surface area is 239 Å². The highest BCUT2D eigenvalue weighted by molar-refractivity contribution is 8.18. The Morgan fingerprint density at radius 2 is 1.74 bits per heavy atom. The van der Waals surface area contributed by atoms with Crippen molar-refractivity contribution in [2.24, 2.45) is 0 Å². The van der Waals surface area contributed by atoms with Crippen LogP contribution in [0.4, 0.5) is 33.7 Å². The van der Waals surface area contributed by atoms with Crippen LogP contribution in [0.25, 0.3) is 6.08 Å². The number of anilines is 1. The number of alkyl halides is 3. The number of nitrogens with one attached hydrogen (secondary N) is 1. The number of imide groups is 1. The molecule has 10 nitrogen and oxygen atoms in total. The number of carbonyl (C=O) groups is 3. The van der Waals surface area contributed by atoms with Gasteiger partial charge in [0.2, 0.25) is 11.7 Å². The summed E-state index contributed by atoms with van der Waals surface area (Å²) in [7, 11) is 0. The van der Waals surface area contributed by atoms with Crippen LogP contribution in [0.2, 0.25) is 0 Å².